The number of hydrogen-bond donors (Lipinski definition) is 0. The van der Waals surface area contributed by atoms with Crippen LogP contribution >= 0.6 is 0 Å². The molecule has 0 radical (unpaired) electrons. The highest BCUT2D eigenvalue weighted by Crippen LogP contribution is 2.15. The van der Waals surface area contributed by atoms with Crippen LogP contribution in [0.5, 0.6) is 0 Å². The molecule has 0 bridgehead atoms. The summed E-state index contributed by atoms with van der Waals surface area (Å²) in [5, 5.41) is 0. The van der Waals surface area contributed by atoms with Crippen LogP contribution in [0.15, 0.2) is 24.3 Å². The molecule has 0 aliphatic carbocycles. The first-order valence-electron chi connectivity index (χ1n) is 5.83. The monoisotopic (exact) mass is 240 g/mol. The molecule has 0 aliphatic heterocycles. The predicted molar refractivity (Wildman–Crippen MR) is 68.6 cm³/mol. The zero-order valence-electron chi connectivity index (χ0n) is 10.4. The molecule has 1 nitrogen and oxygen atoms in total. The molecule has 0 amide bonds. The van der Waals surface area contributed by atoms with Gasteiger partial charge in [-0.3, -0.25) is 0 Å². The van der Waals surface area contributed by atoms with Crippen molar-refractivity contribution in [2.24, 2.45) is 0 Å². The molecule has 3 heteroatoms. The number of hydrogen-bond acceptors (Lipinski definition) is 1. The van der Waals surface area contributed by atoms with Crippen molar-refractivity contribution in [3.8, 4) is 0 Å². The van der Waals surface area contributed by atoms with Gasteiger partial charge >= 0.3 is 0 Å². The van der Waals surface area contributed by atoms with Crippen LogP contribution in [0, 0.1) is 5.82 Å². The van der Waals surface area contributed by atoms with Gasteiger partial charge in [-0.1, -0.05) is 18.6 Å². The Kier molecular flexibility index (Phi) is 5.15. The van der Waals surface area contributed by atoms with Gasteiger partial charge in [-0.25, -0.2) is 4.39 Å². The molecular formula is C13H21FOSi. The van der Waals surface area contributed by atoms with Crippen molar-refractivity contribution in [1.29, 1.82) is 0 Å². The van der Waals surface area contributed by atoms with Gasteiger partial charge in [0.05, 0.1) is 0 Å². The lowest BCUT2D eigenvalue weighted by Crippen LogP contribution is -2.27. The highest BCUT2D eigenvalue weighted by atomic mass is 28.4. The van der Waals surface area contributed by atoms with Gasteiger partial charge in [0.15, 0.2) is 8.32 Å². The number of aryl methyl sites for hydroxylation is 1. The van der Waals surface area contributed by atoms with E-state index in [0.717, 1.165) is 12.8 Å². The normalized spacial score (nSPS) is 11.8. The maximum atomic E-state index is 12.7. The summed E-state index contributed by atoms with van der Waals surface area (Å²) in [5.41, 5.74) is 1.22. The van der Waals surface area contributed by atoms with Gasteiger partial charge in [-0.15, -0.1) is 0 Å². The van der Waals surface area contributed by atoms with Crippen molar-refractivity contribution in [2.45, 2.75) is 38.4 Å². The summed E-state index contributed by atoms with van der Waals surface area (Å²) in [6, 6.07) is 8.00. The van der Waals surface area contributed by atoms with E-state index in [1.54, 1.807) is 0 Å². The minimum atomic E-state index is -1.38. The summed E-state index contributed by atoms with van der Waals surface area (Å²) in [6.45, 7) is 4.48. The van der Waals surface area contributed by atoms with Crippen LogP contribution in [0.25, 0.3) is 0 Å². The molecule has 90 valence electrons. The lowest BCUT2D eigenvalue weighted by molar-refractivity contribution is 0.401. The molecular weight excluding hydrogens is 219 g/mol. The van der Waals surface area contributed by atoms with Gasteiger partial charge in [0.1, 0.15) is 5.82 Å². The summed E-state index contributed by atoms with van der Waals surface area (Å²) in [5.74, 6) is -0.156. The highest BCUT2D eigenvalue weighted by Gasteiger charge is 2.19. The van der Waals surface area contributed by atoms with Gasteiger partial charge in [0.25, 0.3) is 0 Å². The fourth-order valence-electron chi connectivity index (χ4n) is 1.63. The lowest BCUT2D eigenvalue weighted by Gasteiger charge is -2.19. The molecule has 0 spiro atoms. The van der Waals surface area contributed by atoms with Crippen molar-refractivity contribution in [1.82, 2.24) is 0 Å². The standard InChI is InChI=1S/C13H21FOSi/c1-15-16(2,3)11-5-4-6-12-7-9-13(14)10-8-12/h7-10H,4-6,11H2,1-3H3. The third-order valence-corrected chi connectivity index (χ3v) is 5.62. The number of halogens is 1. The van der Waals surface area contributed by atoms with E-state index < -0.39 is 8.32 Å². The van der Waals surface area contributed by atoms with E-state index in [9.17, 15) is 4.39 Å². The third kappa shape index (κ3) is 4.90. The summed E-state index contributed by atoms with van der Waals surface area (Å²) >= 11 is 0. The Morgan fingerprint density at radius 1 is 1.12 bits per heavy atom. The van der Waals surface area contributed by atoms with Crippen LogP contribution in [-0.4, -0.2) is 15.4 Å². The quantitative estimate of drug-likeness (QED) is 0.539. The van der Waals surface area contributed by atoms with Gasteiger partial charge in [0, 0.05) is 7.11 Å². The molecule has 0 atom stereocenters. The van der Waals surface area contributed by atoms with E-state index in [2.05, 4.69) is 13.1 Å². The van der Waals surface area contributed by atoms with Gasteiger partial charge in [-0.2, -0.15) is 0 Å². The van der Waals surface area contributed by atoms with Crippen molar-refractivity contribution in [2.75, 3.05) is 7.11 Å². The minimum absolute atomic E-state index is 0.156. The Morgan fingerprint density at radius 3 is 2.31 bits per heavy atom. The van der Waals surface area contributed by atoms with Crippen LogP contribution in [0.3, 0.4) is 0 Å². The second-order valence-corrected chi connectivity index (χ2v) is 9.23. The first kappa shape index (κ1) is 13.4. The second-order valence-electron chi connectivity index (χ2n) is 4.80. The lowest BCUT2D eigenvalue weighted by atomic mass is 10.1. The third-order valence-electron chi connectivity index (χ3n) is 2.96. The first-order chi connectivity index (χ1) is 7.53. The van der Waals surface area contributed by atoms with Crippen LogP contribution in [0.1, 0.15) is 18.4 Å². The van der Waals surface area contributed by atoms with E-state index >= 15 is 0 Å². The fraction of sp³-hybridized carbons (Fsp3) is 0.538. The molecule has 1 aromatic carbocycles. The molecule has 16 heavy (non-hydrogen) atoms. The molecule has 0 saturated carbocycles. The van der Waals surface area contributed by atoms with Gasteiger partial charge in [-0.05, 0) is 49.7 Å². The summed E-state index contributed by atoms with van der Waals surface area (Å²) in [7, 11) is 0.427. The smallest absolute Gasteiger partial charge is 0.186 e. The number of benzene rings is 1. The van der Waals surface area contributed by atoms with Gasteiger partial charge in [0.2, 0.25) is 0 Å². The van der Waals surface area contributed by atoms with E-state index in [0.29, 0.717) is 0 Å². The average Bonchev–Trinajstić information content (AvgIpc) is 2.27. The summed E-state index contributed by atoms with van der Waals surface area (Å²) in [6.07, 6.45) is 3.39. The maximum Gasteiger partial charge on any atom is 0.186 e. The highest BCUT2D eigenvalue weighted by molar-refractivity contribution is 6.71. The molecule has 0 aliphatic rings. The Hall–Kier alpha value is -0.673. The minimum Gasteiger partial charge on any atom is -0.420 e. The van der Waals surface area contributed by atoms with Crippen molar-refractivity contribution in [3.05, 3.63) is 35.6 Å². The molecule has 1 aromatic rings. The largest absolute Gasteiger partial charge is 0.420 e. The van der Waals surface area contributed by atoms with E-state index in [-0.39, 0.29) is 5.82 Å². The Balaban J connectivity index is 2.23. The van der Waals surface area contributed by atoms with E-state index in [1.807, 2.05) is 19.2 Å². The summed E-state index contributed by atoms with van der Waals surface area (Å²) < 4.78 is 18.2. The Labute approximate surface area is 98.8 Å². The zero-order valence-corrected chi connectivity index (χ0v) is 11.4. The Bertz CT molecular complexity index is 308. The average molecular weight is 240 g/mol. The molecule has 0 N–H and O–H groups in total. The van der Waals surface area contributed by atoms with Crippen LogP contribution in [0.4, 0.5) is 4.39 Å². The number of rotatable bonds is 6. The summed E-state index contributed by atoms with van der Waals surface area (Å²) in [4.78, 5) is 0. The molecule has 0 aromatic heterocycles. The topological polar surface area (TPSA) is 9.23 Å². The molecule has 0 saturated heterocycles. The second kappa shape index (κ2) is 6.16. The van der Waals surface area contributed by atoms with Crippen molar-refractivity contribution in [3.63, 3.8) is 0 Å². The van der Waals surface area contributed by atoms with Crippen LogP contribution < -0.4 is 0 Å². The number of unbranched alkanes of at least 4 members (excludes halogenated alkanes) is 1. The fourth-order valence-corrected chi connectivity index (χ4v) is 2.94. The van der Waals surface area contributed by atoms with Crippen LogP contribution in [-0.2, 0) is 10.8 Å². The predicted octanol–water partition coefficient (Wildman–Crippen LogP) is 4.00. The Morgan fingerprint density at radius 2 is 1.75 bits per heavy atom. The molecule has 0 unspecified atom stereocenters. The van der Waals surface area contributed by atoms with E-state index in [1.165, 1.54) is 30.2 Å². The first-order valence-corrected chi connectivity index (χ1v) is 8.95. The molecule has 0 heterocycles. The molecule has 1 rings (SSSR count). The van der Waals surface area contributed by atoms with E-state index in [4.69, 9.17) is 4.43 Å². The van der Waals surface area contributed by atoms with Crippen molar-refractivity contribution < 1.29 is 8.82 Å². The maximum absolute atomic E-state index is 12.7. The van der Waals surface area contributed by atoms with Crippen LogP contribution in [0.2, 0.25) is 19.1 Å². The van der Waals surface area contributed by atoms with Crippen molar-refractivity contribution >= 4 is 8.32 Å². The van der Waals surface area contributed by atoms with Gasteiger partial charge < -0.3 is 4.43 Å². The zero-order chi connectivity index (χ0) is 12.0. The SMILES string of the molecule is CO[Si](C)(C)CCCCc1ccc(F)cc1. The molecule has 0 fully saturated rings.